The van der Waals surface area contributed by atoms with Crippen LogP contribution in [0.1, 0.15) is 24.8 Å². The number of hydrogen-bond donors (Lipinski definition) is 2. The molecule has 0 aliphatic heterocycles. The van der Waals surface area contributed by atoms with E-state index in [1.807, 2.05) is 18.2 Å². The molecule has 1 fully saturated rings. The fourth-order valence-corrected chi connectivity index (χ4v) is 3.00. The van der Waals surface area contributed by atoms with Gasteiger partial charge in [-0.05, 0) is 31.5 Å². The Hall–Kier alpha value is -1.03. The van der Waals surface area contributed by atoms with E-state index in [4.69, 9.17) is 11.6 Å². The van der Waals surface area contributed by atoms with Gasteiger partial charge in [0.25, 0.3) is 5.60 Å². The second-order valence-electron chi connectivity index (χ2n) is 4.85. The summed E-state index contributed by atoms with van der Waals surface area (Å²) in [6.07, 6.45) is 1.72. The van der Waals surface area contributed by atoms with E-state index in [-0.39, 0.29) is 5.78 Å². The molecule has 1 aliphatic rings. The molecule has 0 unspecified atom stereocenters. The minimum Gasteiger partial charge on any atom is -0.345 e. The Morgan fingerprint density at radius 1 is 1.39 bits per heavy atom. The molecule has 0 saturated heterocycles. The minimum absolute atomic E-state index is 0.308. The zero-order valence-corrected chi connectivity index (χ0v) is 11.1. The van der Waals surface area contributed by atoms with Crippen molar-refractivity contribution in [1.82, 2.24) is 5.32 Å². The summed E-state index contributed by atoms with van der Waals surface area (Å²) >= 11 is 6.19. The van der Waals surface area contributed by atoms with Gasteiger partial charge in [0.15, 0.2) is 0 Å². The smallest absolute Gasteiger partial charge is 0.263 e. The van der Waals surface area contributed by atoms with E-state index < -0.39 is 11.1 Å². The number of rotatable bonds is 2. The summed E-state index contributed by atoms with van der Waals surface area (Å²) in [4.78, 5) is 12.5. The van der Waals surface area contributed by atoms with Crippen molar-refractivity contribution in [3.63, 3.8) is 0 Å². The molecular formula is C14H17ClNO2+. The molecule has 3 nitrogen and oxygen atoms in total. The van der Waals surface area contributed by atoms with Gasteiger partial charge in [-0.3, -0.25) is 4.79 Å². The van der Waals surface area contributed by atoms with Crippen LogP contribution in [0.15, 0.2) is 24.3 Å². The third-order valence-corrected chi connectivity index (χ3v) is 4.04. The lowest BCUT2D eigenvalue weighted by Gasteiger charge is -2.39. The predicted molar refractivity (Wildman–Crippen MR) is 71.4 cm³/mol. The van der Waals surface area contributed by atoms with E-state index in [0.29, 0.717) is 23.4 Å². The second-order valence-corrected chi connectivity index (χ2v) is 5.26. The zero-order chi connectivity index (χ0) is 13.4. The standard InChI is InChI=1S/C14H17ClNO2/c1-13(18)8-5-9-14(16-2,12(13)17)10-6-3-4-7-11(10)15/h3-4,6-7,16,18H,1,5,8-9H2,2H3/q+1/t13-,14+/m0/s1. The molecule has 0 amide bonds. The summed E-state index contributed by atoms with van der Waals surface area (Å²) in [6.45, 7) is 3.63. The number of carbonyl (C=O) groups is 1. The van der Waals surface area contributed by atoms with Gasteiger partial charge in [0.05, 0.1) is 0 Å². The molecular weight excluding hydrogens is 250 g/mol. The van der Waals surface area contributed by atoms with Crippen molar-refractivity contribution >= 4 is 17.4 Å². The van der Waals surface area contributed by atoms with Gasteiger partial charge in [0.1, 0.15) is 12.5 Å². The van der Waals surface area contributed by atoms with E-state index in [2.05, 4.69) is 12.2 Å². The molecule has 1 saturated carbocycles. The number of halogens is 1. The summed E-state index contributed by atoms with van der Waals surface area (Å²) in [5.41, 5.74) is -1.77. The van der Waals surface area contributed by atoms with Crippen molar-refractivity contribution < 1.29 is 9.90 Å². The number of ketones is 1. The lowest BCUT2D eigenvalue weighted by atomic mass is 9.69. The highest BCUT2D eigenvalue weighted by Gasteiger charge is 2.55. The molecule has 0 aromatic heterocycles. The predicted octanol–water partition coefficient (Wildman–Crippen LogP) is 2.07. The van der Waals surface area contributed by atoms with Gasteiger partial charge in [0.2, 0.25) is 5.78 Å². The average Bonchev–Trinajstić information content (AvgIpc) is 2.34. The molecule has 0 spiro atoms. The van der Waals surface area contributed by atoms with Crippen molar-refractivity contribution in [3.8, 4) is 0 Å². The number of Topliss-reactive ketones (excluding diaryl/α,β-unsaturated/α-hetero) is 1. The number of nitrogens with one attached hydrogen (secondary N) is 1. The Morgan fingerprint density at radius 2 is 2.06 bits per heavy atom. The summed E-state index contributed by atoms with van der Waals surface area (Å²) in [6, 6.07) is 7.22. The van der Waals surface area contributed by atoms with Crippen LogP contribution in [0.3, 0.4) is 0 Å². The molecule has 1 aliphatic carbocycles. The van der Waals surface area contributed by atoms with E-state index in [1.54, 1.807) is 13.1 Å². The molecule has 0 radical (unpaired) electrons. The van der Waals surface area contributed by atoms with E-state index >= 15 is 0 Å². The number of likely N-dealkylation sites (N-methyl/N-ethyl adjacent to an activating group) is 1. The lowest BCUT2D eigenvalue weighted by molar-refractivity contribution is -0.145. The molecule has 2 rings (SSSR count). The van der Waals surface area contributed by atoms with Crippen molar-refractivity contribution in [2.24, 2.45) is 0 Å². The Bertz CT molecular complexity index is 473. The van der Waals surface area contributed by atoms with Gasteiger partial charge in [-0.1, -0.05) is 29.8 Å². The first-order valence-corrected chi connectivity index (χ1v) is 6.38. The fraction of sp³-hybridized carbons (Fsp3) is 0.429. The molecule has 18 heavy (non-hydrogen) atoms. The third-order valence-electron chi connectivity index (χ3n) is 3.71. The summed E-state index contributed by atoms with van der Waals surface area (Å²) in [5.74, 6) is -0.308. The molecule has 0 heterocycles. The van der Waals surface area contributed by atoms with Crippen molar-refractivity contribution in [1.29, 1.82) is 0 Å². The Kier molecular flexibility index (Phi) is 3.41. The normalized spacial score (nSPS) is 32.5. The first-order chi connectivity index (χ1) is 8.44. The SMILES string of the molecule is [CH2+][C@]1(O)CCC[C@@](NC)(c2ccccc2Cl)C1=O. The fourth-order valence-electron chi connectivity index (χ4n) is 2.71. The van der Waals surface area contributed by atoms with Gasteiger partial charge >= 0.3 is 0 Å². The van der Waals surface area contributed by atoms with Gasteiger partial charge in [-0.2, -0.15) is 0 Å². The maximum absolute atomic E-state index is 12.5. The quantitative estimate of drug-likeness (QED) is 0.806. The monoisotopic (exact) mass is 266 g/mol. The first kappa shape index (κ1) is 13.4. The van der Waals surface area contributed by atoms with Crippen LogP contribution >= 0.6 is 11.6 Å². The first-order valence-electron chi connectivity index (χ1n) is 6.00. The van der Waals surface area contributed by atoms with Gasteiger partial charge in [-0.25, -0.2) is 0 Å². The van der Waals surface area contributed by atoms with E-state index in [1.165, 1.54) is 0 Å². The number of benzene rings is 1. The summed E-state index contributed by atoms with van der Waals surface area (Å²) in [7, 11) is 1.71. The highest BCUT2D eigenvalue weighted by molar-refractivity contribution is 6.31. The van der Waals surface area contributed by atoms with E-state index in [0.717, 1.165) is 6.42 Å². The maximum atomic E-state index is 12.5. The number of hydrogen-bond acceptors (Lipinski definition) is 3. The highest BCUT2D eigenvalue weighted by Crippen LogP contribution is 2.41. The van der Waals surface area contributed by atoms with Gasteiger partial charge in [0, 0.05) is 11.4 Å². The lowest BCUT2D eigenvalue weighted by Crippen LogP contribution is -2.59. The molecule has 2 atom stereocenters. The average molecular weight is 267 g/mol. The zero-order valence-electron chi connectivity index (χ0n) is 10.4. The van der Waals surface area contributed by atoms with Crippen molar-refractivity contribution in [2.75, 3.05) is 7.05 Å². The number of carbonyl (C=O) groups excluding carboxylic acids is 1. The highest BCUT2D eigenvalue weighted by atomic mass is 35.5. The van der Waals surface area contributed by atoms with E-state index in [9.17, 15) is 9.90 Å². The molecule has 96 valence electrons. The van der Waals surface area contributed by atoms with Crippen LogP contribution in [-0.2, 0) is 10.3 Å². The van der Waals surface area contributed by atoms with Crippen LogP contribution in [0.5, 0.6) is 0 Å². The van der Waals surface area contributed by atoms with Gasteiger partial charge in [-0.15, -0.1) is 0 Å². The van der Waals surface area contributed by atoms with Crippen LogP contribution in [0.4, 0.5) is 0 Å². The van der Waals surface area contributed by atoms with Crippen molar-refractivity contribution in [2.45, 2.75) is 30.4 Å². The third kappa shape index (κ3) is 1.92. The van der Waals surface area contributed by atoms with Crippen LogP contribution < -0.4 is 5.32 Å². The van der Waals surface area contributed by atoms with Crippen LogP contribution in [0, 0.1) is 6.92 Å². The summed E-state index contributed by atoms with van der Waals surface area (Å²) < 4.78 is 0. The molecule has 0 bridgehead atoms. The minimum atomic E-state index is -1.54. The Morgan fingerprint density at radius 3 is 2.67 bits per heavy atom. The van der Waals surface area contributed by atoms with Crippen LogP contribution in [0.2, 0.25) is 5.02 Å². The Labute approximate surface area is 112 Å². The Balaban J connectivity index is 2.55. The van der Waals surface area contributed by atoms with Crippen LogP contribution in [0.25, 0.3) is 0 Å². The number of aliphatic hydroxyl groups is 1. The maximum Gasteiger partial charge on any atom is 0.263 e. The molecule has 1 aromatic carbocycles. The second kappa shape index (κ2) is 4.57. The summed E-state index contributed by atoms with van der Waals surface area (Å²) in [5, 5.41) is 13.7. The largest absolute Gasteiger partial charge is 0.345 e. The van der Waals surface area contributed by atoms with Crippen molar-refractivity contribution in [3.05, 3.63) is 41.8 Å². The molecule has 2 N–H and O–H groups in total. The van der Waals surface area contributed by atoms with Crippen LogP contribution in [-0.4, -0.2) is 23.5 Å². The topological polar surface area (TPSA) is 49.3 Å². The molecule has 4 heteroatoms. The van der Waals surface area contributed by atoms with Gasteiger partial charge < -0.3 is 10.4 Å². The molecule has 1 aromatic rings.